The number of aromatic nitrogens is 2. The molecule has 4 atom stereocenters. The highest BCUT2D eigenvalue weighted by Crippen LogP contribution is 2.43. The highest BCUT2D eigenvalue weighted by atomic mass is 79.9. The van der Waals surface area contributed by atoms with E-state index in [1.165, 1.54) is 24.5 Å². The Labute approximate surface area is 589 Å². The minimum atomic E-state index is -1.06. The average molecular weight is 1460 g/mol. The maximum absolute atomic E-state index is 12.5. The lowest BCUT2D eigenvalue weighted by atomic mass is 10.0. The zero-order valence-electron chi connectivity index (χ0n) is 54.4. The van der Waals surface area contributed by atoms with Crippen molar-refractivity contribution in [3.63, 3.8) is 0 Å². The van der Waals surface area contributed by atoms with Gasteiger partial charge in [0.1, 0.15) is 26.5 Å². The average Bonchev–Trinajstić information content (AvgIpc) is 1.72. The summed E-state index contributed by atoms with van der Waals surface area (Å²) in [5.41, 5.74) is 11.7. The van der Waals surface area contributed by atoms with Crippen LogP contribution in [-0.4, -0.2) is 103 Å². The minimum absolute atomic E-state index is 0.0501. The Bertz CT molecular complexity index is 3650. The van der Waals surface area contributed by atoms with Crippen LogP contribution in [0, 0.1) is 67.9 Å². The minimum Gasteiger partial charge on any atom is -0.476 e. The normalized spacial score (nSPS) is 13.7. The van der Waals surface area contributed by atoms with Gasteiger partial charge in [-0.2, -0.15) is 5.26 Å². The molecule has 2 aromatic heterocycles. The molecule has 4 aliphatic carbocycles. The van der Waals surface area contributed by atoms with Gasteiger partial charge in [-0.3, -0.25) is 19.2 Å². The molecule has 0 radical (unpaired) electrons. The number of ether oxygens (including phenoxy) is 2. The van der Waals surface area contributed by atoms with Gasteiger partial charge in [0.15, 0.2) is 6.29 Å². The largest absolute Gasteiger partial charge is 0.476 e. The van der Waals surface area contributed by atoms with E-state index in [4.69, 9.17) is 43.7 Å². The summed E-state index contributed by atoms with van der Waals surface area (Å²) in [6, 6.07) is 53.2. The number of carbonyl (C=O) groups is 7. The molecule has 22 nitrogen and oxygen atoms in total. The number of carboxylic acid groups (broad SMARTS) is 1. The van der Waals surface area contributed by atoms with Crippen LogP contribution in [0.25, 0.3) is 30.3 Å². The van der Waals surface area contributed by atoms with Crippen LogP contribution >= 0.6 is 31.9 Å². The third-order valence-corrected chi connectivity index (χ3v) is 14.8. The van der Waals surface area contributed by atoms with E-state index in [2.05, 4.69) is 116 Å². The van der Waals surface area contributed by atoms with E-state index in [9.17, 15) is 38.8 Å². The predicted molar refractivity (Wildman–Crippen MR) is 377 cm³/mol. The number of nitriles is 1. The lowest BCUT2D eigenvalue weighted by molar-refractivity contribution is -0.141. The zero-order valence-corrected chi connectivity index (χ0v) is 57.6. The van der Waals surface area contributed by atoms with E-state index >= 15 is 0 Å². The number of nitrogens with zero attached hydrogens (tertiary/aromatic N) is 8. The van der Waals surface area contributed by atoms with Crippen LogP contribution < -0.4 is 21.7 Å². The van der Waals surface area contributed by atoms with Crippen molar-refractivity contribution in [2.24, 2.45) is 29.4 Å². The number of esters is 2. The van der Waals surface area contributed by atoms with Crippen molar-refractivity contribution in [3.8, 4) is 6.07 Å². The molecule has 4 aliphatic rings. The van der Waals surface area contributed by atoms with Crippen LogP contribution in [0.5, 0.6) is 0 Å². The van der Waals surface area contributed by atoms with Crippen molar-refractivity contribution >= 4 is 79.9 Å². The molecule has 2 heterocycles. The van der Waals surface area contributed by atoms with Crippen molar-refractivity contribution in [2.75, 3.05) is 45.9 Å². The van der Waals surface area contributed by atoms with Gasteiger partial charge in [-0.15, -0.1) is 0 Å². The molecule has 4 fully saturated rings. The summed E-state index contributed by atoms with van der Waals surface area (Å²) >= 11 is 6.42. The number of aliphatic carboxylic acids is 1. The van der Waals surface area contributed by atoms with Crippen LogP contribution in [0.1, 0.15) is 128 Å². The topological polar surface area (TPSA) is 292 Å². The van der Waals surface area contributed by atoms with E-state index in [0.29, 0.717) is 57.8 Å². The molecule has 0 spiro atoms. The van der Waals surface area contributed by atoms with E-state index < -0.39 is 24.5 Å². The Morgan fingerprint density at radius 3 is 1.14 bits per heavy atom. The second-order valence-corrected chi connectivity index (χ2v) is 23.3. The fraction of sp³-hybridized carbons (Fsp3) is 0.338. The Hall–Kier alpha value is -10.7. The van der Waals surface area contributed by atoms with Crippen LogP contribution in [0.4, 0.5) is 0 Å². The Morgan fingerprint density at radius 2 is 0.857 bits per heavy atom. The van der Waals surface area contributed by atoms with Crippen LogP contribution in [0.3, 0.4) is 0 Å². The first-order chi connectivity index (χ1) is 47.4. The number of amides is 3. The maximum Gasteiger partial charge on any atom is 0.387 e. The van der Waals surface area contributed by atoms with E-state index in [1.54, 1.807) is 44.2 Å². The molecular weight excluding hydrogens is 1380 g/mol. The third-order valence-electron chi connectivity index (χ3n) is 13.9. The second kappa shape index (κ2) is 48.0. The fourth-order valence-electron chi connectivity index (χ4n) is 8.79. The van der Waals surface area contributed by atoms with Gasteiger partial charge < -0.3 is 60.5 Å². The molecule has 6 aromatic rings. The lowest BCUT2D eigenvalue weighted by Gasteiger charge is -2.18. The van der Waals surface area contributed by atoms with Crippen LogP contribution in [0.15, 0.2) is 173 Å². The quantitative estimate of drug-likeness (QED) is 0.0112. The van der Waals surface area contributed by atoms with E-state index in [-0.39, 0.29) is 73.6 Å². The number of carbonyl (C=O) groups excluding carboxylic acids is 6. The second-order valence-electron chi connectivity index (χ2n) is 21.7. The number of pyridine rings is 2. The first kappa shape index (κ1) is 81.5. The van der Waals surface area contributed by atoms with Crippen LogP contribution in [0.2, 0.25) is 0 Å². The molecule has 4 aromatic carbocycles. The summed E-state index contributed by atoms with van der Waals surface area (Å²) in [6.07, 6.45) is 11.7. The third kappa shape index (κ3) is 35.7. The highest BCUT2D eigenvalue weighted by molar-refractivity contribution is 9.10. The van der Waals surface area contributed by atoms with Crippen molar-refractivity contribution in [3.05, 3.63) is 263 Å². The number of nitrogens with one attached hydrogen (secondary N) is 3. The molecule has 10 rings (SSSR count). The maximum atomic E-state index is 12.5. The van der Waals surface area contributed by atoms with Crippen molar-refractivity contribution in [1.82, 2.24) is 25.9 Å². The van der Waals surface area contributed by atoms with E-state index in [0.717, 1.165) is 61.1 Å². The van der Waals surface area contributed by atoms with Gasteiger partial charge in [-0.1, -0.05) is 133 Å². The van der Waals surface area contributed by atoms with Gasteiger partial charge in [0.05, 0.1) is 37.0 Å². The monoisotopic (exact) mass is 1450 g/mol. The summed E-state index contributed by atoms with van der Waals surface area (Å²) in [5, 5.41) is 25.9. The summed E-state index contributed by atoms with van der Waals surface area (Å²) < 4.78 is 10.2. The Kier molecular flexibility index (Phi) is 40.0. The lowest BCUT2D eigenvalue weighted by Crippen LogP contribution is -2.31. The molecule has 0 aliphatic heterocycles. The summed E-state index contributed by atoms with van der Waals surface area (Å²) in [6.45, 7) is 35.0. The predicted octanol–water partition coefficient (Wildman–Crippen LogP) is 13.0. The number of carboxylic acids is 1. The Balaban J connectivity index is 0.000000304. The van der Waals surface area contributed by atoms with Crippen LogP contribution in [-0.2, 0) is 38.2 Å². The standard InChI is InChI=1S/C19H16BrN3O.2C13H14N2O.C10H13N.C6H4BrNO.2C5H7NO2.C3H3NO2/c20-17-8-4-7-16(22-17)11-15(12-21)19(24)23-18(14-9-10-14)13-5-2-1-3-6-13;2*1-14-9-12(16)15-13(11-7-8-11)10-5-3-2-4-6-10;11-10(9-6-7-9)8-4-2-1-3-5-8;7-6-3-1-2-5(4-9)8-6;2*1-3-8-5(7)4-6-2;1-4-2-3(5)6/h1-8,11,14,18H,9-10H2,(H,23,24);2*2-6,11,13H,7-9H2,(H,15,16);1-5,9-10H,6-7,11H2;1-4H;2*3-4H2,1H3;2H2,(H,5,6)/b15-11+;;;;;;;/t18-;2*13-;10-;;;;/m1111..../s1. The molecule has 508 valence electrons. The molecule has 0 bridgehead atoms. The number of hydrogen-bond acceptors (Lipinski definition) is 13. The number of benzene rings is 4. The molecule has 6 N–H and O–H groups in total. The van der Waals surface area contributed by atoms with Gasteiger partial charge in [-0.05, 0) is 173 Å². The molecule has 3 amide bonds. The molecule has 24 heteroatoms. The molecule has 0 unspecified atom stereocenters. The van der Waals surface area contributed by atoms with Gasteiger partial charge in [0, 0.05) is 6.04 Å². The van der Waals surface area contributed by atoms with Crippen molar-refractivity contribution in [2.45, 2.75) is 89.4 Å². The first-order valence-corrected chi connectivity index (χ1v) is 32.8. The first-order valence-electron chi connectivity index (χ1n) is 31.2. The summed E-state index contributed by atoms with van der Waals surface area (Å²) in [4.78, 5) is 97.8. The zero-order chi connectivity index (χ0) is 71.9. The molecular formula is C74H78Br2N12O10. The SMILES string of the molecule is N#C/C(=C\c1cccc(Br)n1)C(=O)N[C@H](c1ccccc1)C1CC1.N[C@H](c1ccccc1)C1CC1.O=Cc1cccc(Br)n1.[C-]#[N+]CC(=O)N[C@H](c1ccccc1)C1CC1.[C-]#[N+]CC(=O)N[C@H](c1ccccc1)C1CC1.[C-]#[N+]CC(=O)O.[C-]#[N+]CC(=O)OCC.[C-]#[N+]CC(=O)OCC. The highest BCUT2D eigenvalue weighted by Gasteiger charge is 2.36. The number of halogens is 2. The van der Waals surface area contributed by atoms with Gasteiger partial charge in [-0.25, -0.2) is 57.2 Å². The van der Waals surface area contributed by atoms with Gasteiger partial charge in [0.25, 0.3) is 19.0 Å². The number of aldehydes is 1. The van der Waals surface area contributed by atoms with E-state index in [1.807, 2.05) is 109 Å². The molecule has 0 saturated heterocycles. The number of hydrogen-bond donors (Lipinski definition) is 5. The van der Waals surface area contributed by atoms with Crippen molar-refractivity contribution in [1.29, 1.82) is 5.26 Å². The smallest absolute Gasteiger partial charge is 0.387 e. The summed E-state index contributed by atoms with van der Waals surface area (Å²) in [7, 11) is 0. The molecule has 98 heavy (non-hydrogen) atoms. The Morgan fingerprint density at radius 1 is 0.520 bits per heavy atom. The van der Waals surface area contributed by atoms with Gasteiger partial charge >= 0.3 is 49.4 Å². The molecule has 4 saturated carbocycles. The number of nitrogens with two attached hydrogens (primary N) is 1. The number of rotatable bonds is 21. The van der Waals surface area contributed by atoms with Gasteiger partial charge in [0.2, 0.25) is 0 Å². The fourth-order valence-corrected chi connectivity index (χ4v) is 9.51. The summed E-state index contributed by atoms with van der Waals surface area (Å²) in [5.74, 6) is -0.339. The van der Waals surface area contributed by atoms with Crippen molar-refractivity contribution < 1.29 is 48.1 Å².